The minimum Gasteiger partial charge on any atom is -0.390 e. The second-order valence-corrected chi connectivity index (χ2v) is 5.20. The van der Waals surface area contributed by atoms with Crippen molar-refractivity contribution in [3.05, 3.63) is 34.1 Å². The van der Waals surface area contributed by atoms with Crippen LogP contribution in [0.1, 0.15) is 5.56 Å². The highest BCUT2D eigenvalue weighted by molar-refractivity contribution is 9.10. The Kier molecular flexibility index (Phi) is 6.05. The Bertz CT molecular complexity index is 360. The highest BCUT2D eigenvalue weighted by Gasteiger charge is 2.06. The summed E-state index contributed by atoms with van der Waals surface area (Å²) in [7, 11) is 3.80. The van der Waals surface area contributed by atoms with E-state index in [0.29, 0.717) is 25.2 Å². The van der Waals surface area contributed by atoms with E-state index in [1.807, 2.05) is 19.0 Å². The van der Waals surface area contributed by atoms with Crippen molar-refractivity contribution in [3.8, 4) is 0 Å². The molecule has 1 aromatic rings. The maximum Gasteiger partial charge on any atom is 0.127 e. The van der Waals surface area contributed by atoms with Crippen molar-refractivity contribution < 1.29 is 9.50 Å². The molecule has 0 aliphatic rings. The molecule has 1 atom stereocenters. The molecule has 17 heavy (non-hydrogen) atoms. The van der Waals surface area contributed by atoms with E-state index < -0.39 is 6.10 Å². The van der Waals surface area contributed by atoms with Crippen molar-refractivity contribution in [2.24, 2.45) is 0 Å². The van der Waals surface area contributed by atoms with E-state index in [9.17, 15) is 9.50 Å². The second-order valence-electron chi connectivity index (χ2n) is 4.28. The Morgan fingerprint density at radius 3 is 2.82 bits per heavy atom. The number of rotatable bonds is 6. The van der Waals surface area contributed by atoms with E-state index in [-0.39, 0.29) is 5.82 Å². The van der Waals surface area contributed by atoms with Gasteiger partial charge in [0.15, 0.2) is 0 Å². The number of hydrogen-bond acceptors (Lipinski definition) is 3. The Labute approximate surface area is 110 Å². The van der Waals surface area contributed by atoms with Gasteiger partial charge in [0.05, 0.1) is 6.10 Å². The summed E-state index contributed by atoms with van der Waals surface area (Å²) in [5.74, 6) is -0.234. The minimum absolute atomic E-state index is 0.234. The smallest absolute Gasteiger partial charge is 0.127 e. The predicted octanol–water partition coefficient (Wildman–Crippen LogP) is 1.60. The number of likely N-dealkylation sites (N-methyl/N-ethyl adjacent to an activating group) is 1. The third kappa shape index (κ3) is 5.59. The summed E-state index contributed by atoms with van der Waals surface area (Å²) >= 11 is 3.30. The van der Waals surface area contributed by atoms with Crippen LogP contribution in [-0.4, -0.2) is 43.3 Å². The van der Waals surface area contributed by atoms with Gasteiger partial charge in [0, 0.05) is 29.7 Å². The molecule has 3 nitrogen and oxygen atoms in total. The molecule has 0 aliphatic carbocycles. The number of benzene rings is 1. The highest BCUT2D eigenvalue weighted by atomic mass is 79.9. The third-order valence-corrected chi connectivity index (χ3v) is 2.77. The van der Waals surface area contributed by atoms with Crippen molar-refractivity contribution in [2.45, 2.75) is 12.6 Å². The molecule has 0 radical (unpaired) electrons. The molecule has 0 bridgehead atoms. The van der Waals surface area contributed by atoms with Crippen molar-refractivity contribution >= 4 is 15.9 Å². The van der Waals surface area contributed by atoms with E-state index in [4.69, 9.17) is 0 Å². The van der Waals surface area contributed by atoms with E-state index in [1.54, 1.807) is 12.1 Å². The lowest BCUT2D eigenvalue weighted by atomic mass is 10.2. The fraction of sp³-hybridized carbons (Fsp3) is 0.500. The topological polar surface area (TPSA) is 35.5 Å². The summed E-state index contributed by atoms with van der Waals surface area (Å²) in [6.07, 6.45) is -0.444. The van der Waals surface area contributed by atoms with Crippen LogP contribution in [0.25, 0.3) is 0 Å². The van der Waals surface area contributed by atoms with Gasteiger partial charge in [-0.15, -0.1) is 0 Å². The zero-order valence-corrected chi connectivity index (χ0v) is 11.7. The highest BCUT2D eigenvalue weighted by Crippen LogP contribution is 2.15. The van der Waals surface area contributed by atoms with Gasteiger partial charge in [-0.25, -0.2) is 4.39 Å². The van der Waals surface area contributed by atoms with Crippen molar-refractivity contribution in [1.82, 2.24) is 10.2 Å². The van der Waals surface area contributed by atoms with Crippen LogP contribution in [0.2, 0.25) is 0 Å². The van der Waals surface area contributed by atoms with Gasteiger partial charge in [-0.05, 0) is 32.3 Å². The van der Waals surface area contributed by atoms with Gasteiger partial charge in [0.1, 0.15) is 5.82 Å². The molecule has 0 aromatic heterocycles. The molecular weight excluding hydrogens is 287 g/mol. The quantitative estimate of drug-likeness (QED) is 0.838. The largest absolute Gasteiger partial charge is 0.390 e. The number of aliphatic hydroxyl groups is 1. The van der Waals surface area contributed by atoms with Crippen molar-refractivity contribution in [1.29, 1.82) is 0 Å². The lowest BCUT2D eigenvalue weighted by Crippen LogP contribution is -2.34. The van der Waals surface area contributed by atoms with E-state index in [2.05, 4.69) is 21.2 Å². The van der Waals surface area contributed by atoms with Crippen LogP contribution in [-0.2, 0) is 6.54 Å². The van der Waals surface area contributed by atoms with Crippen LogP contribution < -0.4 is 5.32 Å². The third-order valence-electron chi connectivity index (χ3n) is 2.28. The molecule has 2 N–H and O–H groups in total. The summed E-state index contributed by atoms with van der Waals surface area (Å²) < 4.78 is 14.2. The zero-order valence-electron chi connectivity index (χ0n) is 10.1. The summed E-state index contributed by atoms with van der Waals surface area (Å²) in [5, 5.41) is 12.7. The normalized spacial score (nSPS) is 13.1. The first kappa shape index (κ1) is 14.6. The summed E-state index contributed by atoms with van der Waals surface area (Å²) in [6, 6.07) is 4.83. The van der Waals surface area contributed by atoms with E-state index in [0.717, 1.165) is 4.47 Å². The van der Waals surface area contributed by atoms with E-state index >= 15 is 0 Å². The number of aliphatic hydroxyl groups excluding tert-OH is 1. The van der Waals surface area contributed by atoms with Gasteiger partial charge in [-0.3, -0.25) is 0 Å². The molecule has 0 saturated carbocycles. The van der Waals surface area contributed by atoms with Crippen molar-refractivity contribution in [3.63, 3.8) is 0 Å². The molecule has 0 heterocycles. The lowest BCUT2D eigenvalue weighted by molar-refractivity contribution is 0.134. The molecule has 5 heteroatoms. The molecule has 0 aliphatic heterocycles. The van der Waals surface area contributed by atoms with Crippen LogP contribution in [0, 0.1) is 5.82 Å². The Hall–Kier alpha value is -0.490. The number of nitrogens with one attached hydrogen (secondary N) is 1. The van der Waals surface area contributed by atoms with Gasteiger partial charge in [-0.1, -0.05) is 15.9 Å². The minimum atomic E-state index is -0.444. The summed E-state index contributed by atoms with van der Waals surface area (Å²) in [5.41, 5.74) is 0.594. The number of hydrogen-bond donors (Lipinski definition) is 2. The average molecular weight is 305 g/mol. The van der Waals surface area contributed by atoms with Crippen LogP contribution >= 0.6 is 15.9 Å². The maximum atomic E-state index is 13.4. The SMILES string of the molecule is CN(C)CC(O)CNCc1cc(Br)ccc1F. The van der Waals surface area contributed by atoms with Gasteiger partial charge in [0.25, 0.3) is 0 Å². The van der Waals surface area contributed by atoms with Gasteiger partial charge in [-0.2, -0.15) is 0 Å². The zero-order chi connectivity index (χ0) is 12.8. The standard InChI is InChI=1S/C12H18BrFN2O/c1-16(2)8-11(17)7-15-6-9-5-10(13)3-4-12(9)14/h3-5,11,15,17H,6-8H2,1-2H3. The first-order valence-corrected chi connectivity index (χ1v) is 6.26. The first-order chi connectivity index (χ1) is 7.99. The van der Waals surface area contributed by atoms with Crippen LogP contribution in [0.15, 0.2) is 22.7 Å². The molecule has 0 amide bonds. The molecule has 0 spiro atoms. The average Bonchev–Trinajstić information content (AvgIpc) is 2.22. The molecule has 1 rings (SSSR count). The lowest BCUT2D eigenvalue weighted by Gasteiger charge is -2.16. The Balaban J connectivity index is 2.38. The summed E-state index contributed by atoms with van der Waals surface area (Å²) in [4.78, 5) is 1.91. The molecule has 96 valence electrons. The number of halogens is 2. The fourth-order valence-corrected chi connectivity index (χ4v) is 1.95. The Morgan fingerprint density at radius 1 is 1.47 bits per heavy atom. The molecule has 0 fully saturated rings. The van der Waals surface area contributed by atoms with Gasteiger partial charge >= 0.3 is 0 Å². The molecular formula is C12H18BrFN2O. The van der Waals surface area contributed by atoms with Gasteiger partial charge < -0.3 is 15.3 Å². The second kappa shape index (κ2) is 7.06. The maximum absolute atomic E-state index is 13.4. The summed E-state index contributed by atoms with van der Waals surface area (Å²) in [6.45, 7) is 1.45. The molecule has 1 aromatic carbocycles. The first-order valence-electron chi connectivity index (χ1n) is 5.46. The van der Waals surface area contributed by atoms with Crippen LogP contribution in [0.5, 0.6) is 0 Å². The number of nitrogens with zero attached hydrogens (tertiary/aromatic N) is 1. The van der Waals surface area contributed by atoms with Crippen LogP contribution in [0.4, 0.5) is 4.39 Å². The van der Waals surface area contributed by atoms with E-state index in [1.165, 1.54) is 6.07 Å². The van der Waals surface area contributed by atoms with Crippen molar-refractivity contribution in [2.75, 3.05) is 27.2 Å². The van der Waals surface area contributed by atoms with Gasteiger partial charge in [0.2, 0.25) is 0 Å². The predicted molar refractivity (Wildman–Crippen MR) is 70.4 cm³/mol. The molecule has 0 saturated heterocycles. The molecule has 1 unspecified atom stereocenters. The fourth-order valence-electron chi connectivity index (χ4n) is 1.54. The van der Waals surface area contributed by atoms with Crippen LogP contribution in [0.3, 0.4) is 0 Å². The Morgan fingerprint density at radius 2 is 2.18 bits per heavy atom. The monoisotopic (exact) mass is 304 g/mol.